The van der Waals surface area contributed by atoms with E-state index in [1.165, 1.54) is 12.1 Å². The highest BCUT2D eigenvalue weighted by Crippen LogP contribution is 2.36. The van der Waals surface area contributed by atoms with E-state index in [0.29, 0.717) is 22.1 Å². The van der Waals surface area contributed by atoms with Crippen LogP contribution in [0.2, 0.25) is 5.02 Å². The van der Waals surface area contributed by atoms with Gasteiger partial charge in [0, 0.05) is 17.2 Å². The molecule has 1 aromatic heterocycles. The second-order valence-corrected chi connectivity index (χ2v) is 8.74. The average molecular weight is 469 g/mol. The number of thioether (sulfide) groups is 1. The van der Waals surface area contributed by atoms with Crippen molar-refractivity contribution in [1.82, 2.24) is 4.90 Å². The lowest BCUT2D eigenvalue weighted by atomic mass is 10.0. The number of carbonyl (C=O) groups is 2. The third kappa shape index (κ3) is 4.32. The van der Waals surface area contributed by atoms with Gasteiger partial charge in [0.25, 0.3) is 16.8 Å². The van der Waals surface area contributed by atoms with Crippen LogP contribution in [-0.4, -0.2) is 21.0 Å². The molecule has 1 saturated heterocycles. The van der Waals surface area contributed by atoms with Crippen molar-refractivity contribution in [2.45, 2.75) is 20.4 Å². The third-order valence-corrected chi connectivity index (χ3v) is 6.26. The van der Waals surface area contributed by atoms with Crippen LogP contribution in [0.4, 0.5) is 10.5 Å². The zero-order valence-corrected chi connectivity index (χ0v) is 18.7. The van der Waals surface area contributed by atoms with Crippen LogP contribution in [0.15, 0.2) is 57.9 Å². The van der Waals surface area contributed by atoms with Gasteiger partial charge >= 0.3 is 0 Å². The lowest BCUT2D eigenvalue weighted by molar-refractivity contribution is -0.384. The Labute approximate surface area is 192 Å². The Bertz CT molecular complexity index is 1280. The fourth-order valence-electron chi connectivity index (χ4n) is 3.26. The summed E-state index contributed by atoms with van der Waals surface area (Å²) in [4.78, 5) is 37.5. The van der Waals surface area contributed by atoms with Gasteiger partial charge < -0.3 is 4.42 Å². The number of furan rings is 1. The minimum atomic E-state index is -0.452. The number of benzene rings is 2. The normalized spacial score (nSPS) is 15.1. The number of carbonyl (C=O) groups excluding carboxylic acids is 2. The summed E-state index contributed by atoms with van der Waals surface area (Å²) in [5, 5.41) is 11.7. The largest absolute Gasteiger partial charge is 0.456 e. The van der Waals surface area contributed by atoms with Crippen molar-refractivity contribution < 1.29 is 18.9 Å². The topological polar surface area (TPSA) is 93.7 Å². The van der Waals surface area contributed by atoms with E-state index in [4.69, 9.17) is 16.0 Å². The first kappa shape index (κ1) is 21.9. The summed E-state index contributed by atoms with van der Waals surface area (Å²) in [6.07, 6.45) is 1.48. The van der Waals surface area contributed by atoms with Crippen molar-refractivity contribution >= 4 is 46.3 Å². The lowest BCUT2D eigenvalue weighted by Gasteiger charge is -2.12. The van der Waals surface area contributed by atoms with E-state index in [9.17, 15) is 19.7 Å². The van der Waals surface area contributed by atoms with Gasteiger partial charge in [0.2, 0.25) is 0 Å². The van der Waals surface area contributed by atoms with Crippen LogP contribution in [0, 0.1) is 24.0 Å². The van der Waals surface area contributed by atoms with Gasteiger partial charge in [-0.25, -0.2) is 0 Å². The van der Waals surface area contributed by atoms with Gasteiger partial charge in [0.1, 0.15) is 11.5 Å². The van der Waals surface area contributed by atoms with E-state index in [1.807, 2.05) is 6.92 Å². The molecule has 4 rings (SSSR count). The maximum absolute atomic E-state index is 12.8. The summed E-state index contributed by atoms with van der Waals surface area (Å²) in [5.74, 6) is 0.209. The number of rotatable bonds is 5. The highest BCUT2D eigenvalue weighted by molar-refractivity contribution is 8.18. The van der Waals surface area contributed by atoms with Gasteiger partial charge in [-0.05, 0) is 72.6 Å². The highest BCUT2D eigenvalue weighted by Gasteiger charge is 2.35. The molecule has 1 aliphatic heterocycles. The zero-order chi connectivity index (χ0) is 23.0. The molecule has 0 unspecified atom stereocenters. The first-order valence-corrected chi connectivity index (χ1v) is 10.8. The van der Waals surface area contributed by atoms with Gasteiger partial charge in [-0.3, -0.25) is 24.6 Å². The number of hydrogen-bond acceptors (Lipinski definition) is 6. The fraction of sp³-hybridized carbons (Fsp3) is 0.130. The minimum absolute atomic E-state index is 0.0581. The number of aryl methyl sites for hydroxylation is 2. The molecule has 1 fully saturated rings. The summed E-state index contributed by atoms with van der Waals surface area (Å²) in [6, 6.07) is 13.3. The Morgan fingerprint density at radius 2 is 1.78 bits per heavy atom. The molecule has 2 amide bonds. The Morgan fingerprint density at radius 3 is 2.47 bits per heavy atom. The van der Waals surface area contributed by atoms with E-state index in [-0.39, 0.29) is 22.4 Å². The number of nitrogens with zero attached hydrogens (tertiary/aromatic N) is 2. The van der Waals surface area contributed by atoms with Gasteiger partial charge in [0.15, 0.2) is 0 Å². The molecule has 0 spiro atoms. The maximum Gasteiger partial charge on any atom is 0.293 e. The van der Waals surface area contributed by atoms with Gasteiger partial charge in [-0.15, -0.1) is 0 Å². The lowest BCUT2D eigenvalue weighted by Crippen LogP contribution is -2.27. The summed E-state index contributed by atoms with van der Waals surface area (Å²) in [5.41, 5.74) is 2.78. The molecule has 3 aromatic rings. The maximum atomic E-state index is 12.8. The Kier molecular flexibility index (Phi) is 5.90. The SMILES string of the molecule is Cc1cc(-c2ccc(/C=C3\SC(=O)N(Cc4ccc(Cl)cc4)C3=O)o2)c([N+](=O)[O-])cc1C. The molecule has 9 heteroatoms. The number of amides is 2. The number of nitro benzene ring substituents is 1. The second kappa shape index (κ2) is 8.64. The first-order valence-electron chi connectivity index (χ1n) is 9.58. The minimum Gasteiger partial charge on any atom is -0.456 e. The molecular formula is C23H17ClN2O5S. The average Bonchev–Trinajstić information content (AvgIpc) is 3.31. The van der Waals surface area contributed by atoms with Crippen molar-refractivity contribution in [3.63, 3.8) is 0 Å². The monoisotopic (exact) mass is 468 g/mol. The third-order valence-electron chi connectivity index (χ3n) is 5.10. The van der Waals surface area contributed by atoms with E-state index in [2.05, 4.69) is 0 Å². The van der Waals surface area contributed by atoms with Crippen molar-refractivity contribution in [3.8, 4) is 11.3 Å². The van der Waals surface area contributed by atoms with E-state index in [0.717, 1.165) is 33.4 Å². The van der Waals surface area contributed by atoms with Crippen molar-refractivity contribution in [2.75, 3.05) is 0 Å². The summed E-state index contributed by atoms with van der Waals surface area (Å²) >= 11 is 6.70. The quantitative estimate of drug-likeness (QED) is 0.245. The number of hydrogen-bond donors (Lipinski definition) is 0. The van der Waals surface area contributed by atoms with Gasteiger partial charge in [-0.2, -0.15) is 0 Å². The van der Waals surface area contributed by atoms with Crippen molar-refractivity contribution in [1.29, 1.82) is 0 Å². The Morgan fingerprint density at radius 1 is 1.09 bits per heavy atom. The van der Waals surface area contributed by atoms with Crippen LogP contribution in [0.25, 0.3) is 17.4 Å². The van der Waals surface area contributed by atoms with E-state index >= 15 is 0 Å². The van der Waals surface area contributed by atoms with Gasteiger partial charge in [-0.1, -0.05) is 23.7 Å². The van der Waals surface area contributed by atoms with E-state index in [1.54, 1.807) is 49.4 Å². The van der Waals surface area contributed by atoms with Crippen LogP contribution >= 0.6 is 23.4 Å². The molecule has 0 radical (unpaired) electrons. The fourth-order valence-corrected chi connectivity index (χ4v) is 4.21. The molecule has 7 nitrogen and oxygen atoms in total. The number of imide groups is 1. The molecule has 32 heavy (non-hydrogen) atoms. The molecule has 0 bridgehead atoms. The van der Waals surface area contributed by atoms with E-state index < -0.39 is 10.8 Å². The molecule has 0 aliphatic carbocycles. The summed E-state index contributed by atoms with van der Waals surface area (Å²) in [6.45, 7) is 3.81. The summed E-state index contributed by atoms with van der Waals surface area (Å²) < 4.78 is 5.78. The predicted octanol–water partition coefficient (Wildman–Crippen LogP) is 6.36. The molecule has 2 heterocycles. The molecule has 1 aliphatic rings. The standard InChI is InChI=1S/C23H17ClN2O5S/c1-13-9-18(19(26(29)30)10-14(13)2)20-8-7-17(31-20)11-21-22(27)25(23(28)32-21)12-15-3-5-16(24)6-4-15/h3-11H,12H2,1-2H3/b21-11-. The van der Waals surface area contributed by atoms with Crippen LogP contribution in [-0.2, 0) is 11.3 Å². The highest BCUT2D eigenvalue weighted by atomic mass is 35.5. The van der Waals surface area contributed by atoms with Crippen LogP contribution in [0.3, 0.4) is 0 Å². The van der Waals surface area contributed by atoms with Crippen molar-refractivity contribution in [3.05, 3.63) is 91.0 Å². The Balaban J connectivity index is 1.59. The molecule has 2 aromatic carbocycles. The second-order valence-electron chi connectivity index (χ2n) is 7.31. The number of halogens is 1. The molecule has 0 N–H and O–H groups in total. The predicted molar refractivity (Wildman–Crippen MR) is 123 cm³/mol. The Hall–Kier alpha value is -3.36. The first-order chi connectivity index (χ1) is 15.2. The van der Waals surface area contributed by atoms with Gasteiger partial charge in [0.05, 0.1) is 21.9 Å². The van der Waals surface area contributed by atoms with Crippen LogP contribution in [0.5, 0.6) is 0 Å². The molecule has 162 valence electrons. The van der Waals surface area contributed by atoms with Crippen LogP contribution in [0.1, 0.15) is 22.5 Å². The van der Waals surface area contributed by atoms with Crippen molar-refractivity contribution in [2.24, 2.45) is 0 Å². The molecule has 0 saturated carbocycles. The smallest absolute Gasteiger partial charge is 0.293 e. The van der Waals surface area contributed by atoms with Crippen LogP contribution < -0.4 is 0 Å². The summed E-state index contributed by atoms with van der Waals surface area (Å²) in [7, 11) is 0. The molecular weight excluding hydrogens is 452 g/mol. The zero-order valence-electron chi connectivity index (χ0n) is 17.1. The number of nitro groups is 1. The molecule has 0 atom stereocenters.